The van der Waals surface area contributed by atoms with Crippen molar-refractivity contribution in [2.75, 3.05) is 0 Å². The number of benzene rings is 2. The number of nitrogens with zero attached hydrogens (tertiary/aromatic N) is 1. The second-order valence-electron chi connectivity index (χ2n) is 5.00. The summed E-state index contributed by atoms with van der Waals surface area (Å²) in [6.07, 6.45) is -0.541. The number of carbonyl (C=O) groups is 1. The monoisotopic (exact) mass is 331 g/mol. The van der Waals surface area contributed by atoms with Crippen LogP contribution in [0.15, 0.2) is 59.5 Å². The average molecular weight is 331 g/mol. The molecule has 0 aromatic heterocycles. The van der Waals surface area contributed by atoms with Gasteiger partial charge in [0, 0.05) is 17.0 Å². The van der Waals surface area contributed by atoms with Gasteiger partial charge >= 0.3 is 5.97 Å². The normalized spacial score (nSPS) is 13.1. The highest BCUT2D eigenvalue weighted by Crippen LogP contribution is 2.27. The van der Waals surface area contributed by atoms with Gasteiger partial charge in [0.1, 0.15) is 11.4 Å². The van der Waals surface area contributed by atoms with Crippen molar-refractivity contribution in [2.24, 2.45) is 0 Å². The van der Waals surface area contributed by atoms with Gasteiger partial charge in [-0.15, -0.1) is 11.8 Å². The fraction of sp³-hybridized carbons (Fsp3) is 0.235. The summed E-state index contributed by atoms with van der Waals surface area (Å²) < 4.78 is 5.42. The number of ether oxygens (including phenoxy) is 1. The van der Waals surface area contributed by atoms with Crippen molar-refractivity contribution in [3.05, 3.63) is 70.3 Å². The Kier molecular flexibility index (Phi) is 5.76. The van der Waals surface area contributed by atoms with Gasteiger partial charge in [0.25, 0.3) is 5.69 Å². The predicted molar refractivity (Wildman–Crippen MR) is 89.4 cm³/mol. The number of thioether (sulfide) groups is 1. The highest BCUT2D eigenvalue weighted by Gasteiger charge is 2.20. The lowest BCUT2D eigenvalue weighted by Gasteiger charge is -2.17. The van der Waals surface area contributed by atoms with E-state index in [1.807, 2.05) is 30.3 Å². The van der Waals surface area contributed by atoms with E-state index < -0.39 is 11.0 Å². The van der Waals surface area contributed by atoms with E-state index >= 15 is 0 Å². The zero-order valence-electron chi connectivity index (χ0n) is 12.8. The van der Waals surface area contributed by atoms with Gasteiger partial charge < -0.3 is 4.74 Å². The van der Waals surface area contributed by atoms with Crippen LogP contribution in [0.1, 0.15) is 25.5 Å². The number of rotatable bonds is 6. The van der Waals surface area contributed by atoms with Crippen LogP contribution in [0.3, 0.4) is 0 Å². The number of carbonyl (C=O) groups excluding carboxylic acids is 1. The van der Waals surface area contributed by atoms with E-state index in [0.29, 0.717) is 5.56 Å². The molecule has 0 bridgehead atoms. The van der Waals surface area contributed by atoms with E-state index in [9.17, 15) is 14.9 Å². The van der Waals surface area contributed by atoms with Gasteiger partial charge in [-0.2, -0.15) is 0 Å². The number of hydrogen-bond donors (Lipinski definition) is 0. The molecule has 0 spiro atoms. The Morgan fingerprint density at radius 1 is 1.13 bits per heavy atom. The maximum absolute atomic E-state index is 12.2. The van der Waals surface area contributed by atoms with Crippen LogP contribution in [0.25, 0.3) is 0 Å². The van der Waals surface area contributed by atoms with Crippen molar-refractivity contribution in [1.29, 1.82) is 0 Å². The van der Waals surface area contributed by atoms with Crippen LogP contribution in [0.2, 0.25) is 0 Å². The van der Waals surface area contributed by atoms with E-state index in [-0.39, 0.29) is 16.9 Å². The molecule has 0 unspecified atom stereocenters. The molecule has 2 atom stereocenters. The lowest BCUT2D eigenvalue weighted by Crippen LogP contribution is -2.18. The minimum absolute atomic E-state index is 0.0166. The molecule has 0 saturated carbocycles. The molecule has 23 heavy (non-hydrogen) atoms. The molecule has 120 valence electrons. The Morgan fingerprint density at radius 2 is 1.83 bits per heavy atom. The van der Waals surface area contributed by atoms with E-state index in [1.54, 1.807) is 26.0 Å². The molecule has 2 aromatic carbocycles. The van der Waals surface area contributed by atoms with Crippen LogP contribution in [-0.2, 0) is 9.53 Å². The van der Waals surface area contributed by atoms with Crippen molar-refractivity contribution in [2.45, 2.75) is 30.1 Å². The number of non-ortho nitro benzene ring substituents is 1. The lowest BCUT2D eigenvalue weighted by atomic mass is 10.1. The van der Waals surface area contributed by atoms with Gasteiger partial charge in [-0.3, -0.25) is 14.9 Å². The summed E-state index contributed by atoms with van der Waals surface area (Å²) in [5, 5.41) is 10.4. The van der Waals surface area contributed by atoms with Crippen LogP contribution in [0.4, 0.5) is 5.69 Å². The maximum atomic E-state index is 12.2. The molecule has 0 radical (unpaired) electrons. The molecular weight excluding hydrogens is 314 g/mol. The standard InChI is InChI=1S/C17H17NO4S/c1-12(14-7-6-8-15(11-14)18(20)21)22-17(19)13(2)23-16-9-4-3-5-10-16/h3-13H,1-2H3/t12-,13-/m0/s1. The van der Waals surface area contributed by atoms with Gasteiger partial charge in [0.2, 0.25) is 0 Å². The zero-order chi connectivity index (χ0) is 16.8. The van der Waals surface area contributed by atoms with Crippen molar-refractivity contribution < 1.29 is 14.5 Å². The first kappa shape index (κ1) is 17.0. The minimum atomic E-state index is -0.541. The summed E-state index contributed by atoms with van der Waals surface area (Å²) in [6, 6.07) is 15.7. The van der Waals surface area contributed by atoms with Gasteiger partial charge in [-0.05, 0) is 31.5 Å². The second kappa shape index (κ2) is 7.78. The Bertz CT molecular complexity index is 690. The van der Waals surface area contributed by atoms with Gasteiger partial charge in [-0.1, -0.05) is 30.3 Å². The Morgan fingerprint density at radius 3 is 2.48 bits per heavy atom. The molecular formula is C17H17NO4S. The predicted octanol–water partition coefficient (Wildman–Crippen LogP) is 4.38. The summed E-state index contributed by atoms with van der Waals surface area (Å²) >= 11 is 1.41. The van der Waals surface area contributed by atoms with Crippen LogP contribution >= 0.6 is 11.8 Å². The third-order valence-corrected chi connectivity index (χ3v) is 4.32. The Labute approximate surface area is 138 Å². The van der Waals surface area contributed by atoms with Crippen molar-refractivity contribution in [3.8, 4) is 0 Å². The second-order valence-corrected chi connectivity index (χ2v) is 6.42. The molecule has 2 aromatic rings. The van der Waals surface area contributed by atoms with Crippen LogP contribution < -0.4 is 0 Å². The van der Waals surface area contributed by atoms with Crippen molar-refractivity contribution in [3.63, 3.8) is 0 Å². The number of nitro groups is 1. The third kappa shape index (κ3) is 4.82. The first-order valence-electron chi connectivity index (χ1n) is 7.14. The lowest BCUT2D eigenvalue weighted by molar-refractivity contribution is -0.385. The number of esters is 1. The zero-order valence-corrected chi connectivity index (χ0v) is 13.7. The molecule has 2 rings (SSSR count). The van der Waals surface area contributed by atoms with E-state index in [4.69, 9.17) is 4.74 Å². The summed E-state index contributed by atoms with van der Waals surface area (Å²) in [5.74, 6) is -0.349. The smallest absolute Gasteiger partial charge is 0.319 e. The molecule has 5 nitrogen and oxygen atoms in total. The molecule has 0 fully saturated rings. The van der Waals surface area contributed by atoms with E-state index in [2.05, 4.69) is 0 Å². The summed E-state index contributed by atoms with van der Waals surface area (Å²) in [5.41, 5.74) is 0.585. The van der Waals surface area contributed by atoms with E-state index in [1.165, 1.54) is 23.9 Å². The largest absolute Gasteiger partial charge is 0.457 e. The fourth-order valence-corrected chi connectivity index (χ4v) is 2.85. The van der Waals surface area contributed by atoms with Gasteiger partial charge in [0.05, 0.1) is 4.92 Å². The average Bonchev–Trinajstić information content (AvgIpc) is 2.55. The number of nitro benzene ring substituents is 1. The first-order chi connectivity index (χ1) is 11.0. The molecule has 0 aliphatic heterocycles. The highest BCUT2D eigenvalue weighted by molar-refractivity contribution is 8.00. The highest BCUT2D eigenvalue weighted by atomic mass is 32.2. The first-order valence-corrected chi connectivity index (χ1v) is 8.02. The molecule has 0 N–H and O–H groups in total. The molecule has 0 amide bonds. The Balaban J connectivity index is 1.99. The molecule has 6 heteroatoms. The van der Waals surface area contributed by atoms with Crippen LogP contribution in [-0.4, -0.2) is 16.1 Å². The van der Waals surface area contributed by atoms with Crippen LogP contribution in [0, 0.1) is 10.1 Å². The molecule has 0 aliphatic rings. The molecule has 0 heterocycles. The summed E-state index contributed by atoms with van der Waals surface area (Å²) in [4.78, 5) is 23.5. The summed E-state index contributed by atoms with van der Waals surface area (Å²) in [7, 11) is 0. The van der Waals surface area contributed by atoms with Gasteiger partial charge in [0.15, 0.2) is 0 Å². The third-order valence-electron chi connectivity index (χ3n) is 3.23. The summed E-state index contributed by atoms with van der Waals surface area (Å²) in [6.45, 7) is 3.48. The van der Waals surface area contributed by atoms with Crippen LogP contribution in [0.5, 0.6) is 0 Å². The van der Waals surface area contributed by atoms with E-state index in [0.717, 1.165) is 4.90 Å². The minimum Gasteiger partial charge on any atom is -0.457 e. The topological polar surface area (TPSA) is 69.4 Å². The fourth-order valence-electron chi connectivity index (χ4n) is 1.98. The number of hydrogen-bond acceptors (Lipinski definition) is 5. The van der Waals surface area contributed by atoms with Crippen molar-refractivity contribution >= 4 is 23.4 Å². The molecule has 0 saturated heterocycles. The maximum Gasteiger partial charge on any atom is 0.319 e. The Hall–Kier alpha value is -2.34. The SMILES string of the molecule is C[C@H](Sc1ccccc1)C(=O)O[C@@H](C)c1cccc([N+](=O)[O-])c1. The van der Waals surface area contributed by atoms with Crippen molar-refractivity contribution in [1.82, 2.24) is 0 Å². The van der Waals surface area contributed by atoms with Gasteiger partial charge in [-0.25, -0.2) is 0 Å². The quantitative estimate of drug-likeness (QED) is 0.340. The molecule has 0 aliphatic carbocycles.